The molecule has 0 aliphatic rings. The normalized spacial score (nSPS) is 15.0. The van der Waals surface area contributed by atoms with Crippen LogP contribution in [-0.2, 0) is 0 Å². The van der Waals surface area contributed by atoms with Crippen LogP contribution in [0.25, 0.3) is 4.98 Å². The Hall–Kier alpha value is -0.962. The molecular formula is C6H5F6N2Sb. The number of halogens is 6. The molecule has 9 heteroatoms. The summed E-state index contributed by atoms with van der Waals surface area (Å²) in [5.41, 5.74) is 0.590. The fourth-order valence-corrected chi connectivity index (χ4v) is 0.495. The summed E-state index contributed by atoms with van der Waals surface area (Å²) in [6, 6.07) is 8.94. The van der Waals surface area contributed by atoms with Crippen LogP contribution in [0.15, 0.2) is 30.3 Å². The van der Waals surface area contributed by atoms with Gasteiger partial charge in [-0.2, -0.15) is 0 Å². The summed E-state index contributed by atoms with van der Waals surface area (Å²) in [6.07, 6.45) is 0. The zero-order valence-corrected chi connectivity index (χ0v) is 9.55. The topological polar surface area (TPSA) is 28.1 Å². The molecular weight excluding hydrogens is 336 g/mol. The van der Waals surface area contributed by atoms with Crippen molar-refractivity contribution < 1.29 is 16.9 Å². The van der Waals surface area contributed by atoms with E-state index in [0.29, 0.717) is 5.69 Å². The summed E-state index contributed by atoms with van der Waals surface area (Å²) in [4.78, 5) is 2.97. The van der Waals surface area contributed by atoms with Crippen LogP contribution < -0.4 is 0 Å². The van der Waals surface area contributed by atoms with E-state index < -0.39 is 19.5 Å². The van der Waals surface area contributed by atoms with Gasteiger partial charge in [0.15, 0.2) is 4.98 Å². The SMILES string of the molecule is N#[N+]c1ccccc1.[F][Sb-]([F])([F])([F])([F])[F]. The van der Waals surface area contributed by atoms with E-state index in [1.54, 1.807) is 12.1 Å². The standard InChI is InChI=1S/C6H5N2.6FH.Sb/c7-8-6-4-2-1-3-5-6;;;;;;;/h1-5H;6*1H;/q+1;;;;;;;+5/p-6. The number of benzene rings is 1. The van der Waals surface area contributed by atoms with Gasteiger partial charge in [0, 0.05) is 12.1 Å². The second-order valence-electron chi connectivity index (χ2n) is 2.39. The zero-order valence-electron chi connectivity index (χ0n) is 7.00. The van der Waals surface area contributed by atoms with Gasteiger partial charge in [0.05, 0.1) is 0 Å². The van der Waals surface area contributed by atoms with E-state index in [4.69, 9.17) is 5.39 Å². The Kier molecular flexibility index (Phi) is 3.33. The second kappa shape index (κ2) is 3.56. The molecule has 0 aliphatic heterocycles. The average molecular weight is 341 g/mol. The van der Waals surface area contributed by atoms with Gasteiger partial charge >= 0.3 is 42.0 Å². The minimum absolute atomic E-state index is 0.590. The van der Waals surface area contributed by atoms with Gasteiger partial charge in [-0.05, 0) is 0 Å². The van der Waals surface area contributed by atoms with E-state index >= 15 is 0 Å². The Morgan fingerprint density at radius 3 is 1.40 bits per heavy atom. The van der Waals surface area contributed by atoms with E-state index in [1.807, 2.05) is 18.2 Å². The molecule has 2 nitrogen and oxygen atoms in total. The third-order valence-electron chi connectivity index (χ3n) is 0.872. The molecule has 1 aromatic rings. The molecule has 0 N–H and O–H groups in total. The molecule has 0 radical (unpaired) electrons. The van der Waals surface area contributed by atoms with Crippen molar-refractivity contribution in [3.05, 3.63) is 35.3 Å². The predicted molar refractivity (Wildman–Crippen MR) is 43.6 cm³/mol. The predicted octanol–water partition coefficient (Wildman–Crippen LogP) is 4.31. The molecule has 1 aromatic carbocycles. The Bertz CT molecular complexity index is 351. The van der Waals surface area contributed by atoms with E-state index in [9.17, 15) is 16.9 Å². The molecule has 0 saturated carbocycles. The summed E-state index contributed by atoms with van der Waals surface area (Å²) < 4.78 is 59.6. The Morgan fingerprint density at radius 2 is 1.20 bits per heavy atom. The van der Waals surface area contributed by atoms with Crippen LogP contribution in [0, 0.1) is 5.39 Å². The van der Waals surface area contributed by atoms with Gasteiger partial charge < -0.3 is 0 Å². The maximum absolute atomic E-state index is 11.2. The van der Waals surface area contributed by atoms with E-state index in [2.05, 4.69) is 4.98 Å². The first-order chi connectivity index (χ1) is 6.38. The number of hydrogen-bond donors (Lipinski definition) is 0. The summed E-state index contributed by atoms with van der Waals surface area (Å²) in [5.74, 6) is 0. The first-order valence-corrected chi connectivity index (χ1v) is 9.14. The van der Waals surface area contributed by atoms with Crippen molar-refractivity contribution in [2.45, 2.75) is 0 Å². The number of rotatable bonds is 0. The monoisotopic (exact) mass is 340 g/mol. The molecule has 0 bridgehead atoms. The van der Waals surface area contributed by atoms with Crippen molar-refractivity contribution in [2.24, 2.45) is 0 Å². The van der Waals surface area contributed by atoms with Gasteiger partial charge in [0.25, 0.3) is 0 Å². The zero-order chi connectivity index (χ0) is 12.2. The first-order valence-electron chi connectivity index (χ1n) is 3.35. The van der Waals surface area contributed by atoms with Crippen molar-refractivity contribution in [2.75, 3.05) is 0 Å². The second-order valence-corrected chi connectivity index (χ2v) is 7.86. The van der Waals surface area contributed by atoms with Gasteiger partial charge in [0.2, 0.25) is 5.39 Å². The Balaban J connectivity index is 0.000000265. The number of diazo groups is 1. The minimum atomic E-state index is -11.2. The van der Waals surface area contributed by atoms with E-state index in [0.717, 1.165) is 0 Å². The molecule has 86 valence electrons. The van der Waals surface area contributed by atoms with Gasteiger partial charge in [-0.15, -0.1) is 0 Å². The van der Waals surface area contributed by atoms with Crippen molar-refractivity contribution in [1.82, 2.24) is 0 Å². The molecule has 0 heterocycles. The van der Waals surface area contributed by atoms with Crippen LogP contribution in [0.3, 0.4) is 0 Å². The average Bonchev–Trinajstić information content (AvgIpc) is 2.00. The van der Waals surface area contributed by atoms with E-state index in [1.165, 1.54) is 0 Å². The van der Waals surface area contributed by atoms with Gasteiger partial charge in [-0.1, -0.05) is 18.2 Å². The van der Waals surface area contributed by atoms with Crippen molar-refractivity contribution >= 4 is 25.2 Å². The molecule has 0 amide bonds. The molecule has 0 saturated heterocycles. The fourth-order valence-electron chi connectivity index (χ4n) is 0.495. The van der Waals surface area contributed by atoms with Crippen molar-refractivity contribution in [1.29, 1.82) is 5.39 Å². The van der Waals surface area contributed by atoms with Crippen LogP contribution in [0.5, 0.6) is 0 Å². The fraction of sp³-hybridized carbons (Fsp3) is 0. The van der Waals surface area contributed by atoms with E-state index in [-0.39, 0.29) is 0 Å². The van der Waals surface area contributed by atoms with Crippen molar-refractivity contribution in [3.63, 3.8) is 0 Å². The third kappa shape index (κ3) is 19.4. The number of nitrogens with zero attached hydrogens (tertiary/aromatic N) is 2. The van der Waals surface area contributed by atoms with Crippen molar-refractivity contribution in [3.8, 4) is 0 Å². The van der Waals surface area contributed by atoms with Crippen LogP contribution in [0.4, 0.5) is 22.6 Å². The number of hydrogen-bond acceptors (Lipinski definition) is 1. The summed E-state index contributed by atoms with van der Waals surface area (Å²) >= 11 is -11.2. The Labute approximate surface area is 83.0 Å². The Morgan fingerprint density at radius 1 is 0.867 bits per heavy atom. The molecule has 0 fully saturated rings. The molecule has 0 atom stereocenters. The maximum atomic E-state index is 9.93. The summed E-state index contributed by atoms with van der Waals surface area (Å²) in [5, 5.41) is 8.16. The van der Waals surface area contributed by atoms with Gasteiger partial charge in [-0.3, -0.25) is 0 Å². The van der Waals surface area contributed by atoms with Crippen LogP contribution in [0.2, 0.25) is 0 Å². The van der Waals surface area contributed by atoms with Crippen LogP contribution in [-0.4, -0.2) is 19.5 Å². The summed E-state index contributed by atoms with van der Waals surface area (Å²) in [6.45, 7) is 0. The molecule has 0 aromatic heterocycles. The van der Waals surface area contributed by atoms with Gasteiger partial charge in [-0.25, -0.2) is 0 Å². The third-order valence-corrected chi connectivity index (χ3v) is 0.872. The van der Waals surface area contributed by atoms with Gasteiger partial charge in [0.1, 0.15) is 0 Å². The molecule has 0 spiro atoms. The first kappa shape index (κ1) is 14.0. The molecule has 0 aliphatic carbocycles. The van der Waals surface area contributed by atoms with Crippen LogP contribution >= 0.6 is 0 Å². The molecule has 15 heavy (non-hydrogen) atoms. The molecule has 0 unspecified atom stereocenters. The summed E-state index contributed by atoms with van der Waals surface area (Å²) in [7, 11) is 0. The molecule has 1 rings (SSSR count). The van der Waals surface area contributed by atoms with Crippen LogP contribution in [0.1, 0.15) is 0 Å². The quantitative estimate of drug-likeness (QED) is 0.393.